The highest BCUT2D eigenvalue weighted by Gasteiger charge is 2.10. The maximum Gasteiger partial charge on any atom is 0.217 e. The second-order valence-electron chi connectivity index (χ2n) is 2.89. The first-order valence-electron chi connectivity index (χ1n) is 4.27. The highest BCUT2D eigenvalue weighted by Crippen LogP contribution is 2.19. The highest BCUT2D eigenvalue weighted by atomic mass is 16.3. The molecular formula is C9H11N3O. The van der Waals surface area contributed by atoms with Crippen LogP contribution in [-0.2, 0) is 6.42 Å². The third kappa shape index (κ3) is 1.35. The molecule has 0 amide bonds. The number of nitrogens with zero attached hydrogens (tertiary/aromatic N) is 2. The lowest BCUT2D eigenvalue weighted by Crippen LogP contribution is -1.82. The lowest BCUT2D eigenvalue weighted by molar-refractivity contribution is 0.576. The normalized spacial score (nSPS) is 10.6. The quantitative estimate of drug-likeness (QED) is 0.762. The van der Waals surface area contributed by atoms with Gasteiger partial charge in [0.2, 0.25) is 5.82 Å². The number of hydrogen-bond donors (Lipinski definition) is 1. The van der Waals surface area contributed by atoms with E-state index in [0.717, 1.165) is 23.6 Å². The van der Waals surface area contributed by atoms with Crippen molar-refractivity contribution in [2.45, 2.75) is 20.3 Å². The minimum atomic E-state index is 0.638. The second kappa shape index (κ2) is 3.05. The van der Waals surface area contributed by atoms with Crippen LogP contribution in [0.25, 0.3) is 11.6 Å². The first kappa shape index (κ1) is 8.04. The zero-order valence-electron chi connectivity index (χ0n) is 7.66. The Hall–Kier alpha value is -1.58. The molecule has 0 fully saturated rings. The molecule has 2 rings (SSSR count). The van der Waals surface area contributed by atoms with E-state index in [-0.39, 0.29) is 0 Å². The number of aromatic amines is 1. The molecule has 2 aromatic rings. The van der Waals surface area contributed by atoms with Crippen molar-refractivity contribution in [1.82, 2.24) is 15.2 Å². The maximum absolute atomic E-state index is 5.26. The lowest BCUT2D eigenvalue weighted by atomic mass is 10.3. The van der Waals surface area contributed by atoms with Gasteiger partial charge in [-0.15, -0.1) is 0 Å². The van der Waals surface area contributed by atoms with Crippen molar-refractivity contribution in [2.75, 3.05) is 0 Å². The van der Waals surface area contributed by atoms with E-state index >= 15 is 0 Å². The Balaban J connectivity index is 2.41. The molecule has 0 saturated carbocycles. The number of nitrogens with one attached hydrogen (secondary N) is 1. The second-order valence-corrected chi connectivity index (χ2v) is 2.89. The molecular weight excluding hydrogens is 166 g/mol. The van der Waals surface area contributed by atoms with Crippen LogP contribution < -0.4 is 0 Å². The van der Waals surface area contributed by atoms with Gasteiger partial charge in [0.15, 0.2) is 5.76 Å². The number of rotatable bonds is 2. The van der Waals surface area contributed by atoms with Crippen molar-refractivity contribution in [3.63, 3.8) is 0 Å². The van der Waals surface area contributed by atoms with Crippen LogP contribution in [0.4, 0.5) is 0 Å². The van der Waals surface area contributed by atoms with Gasteiger partial charge >= 0.3 is 0 Å². The van der Waals surface area contributed by atoms with Gasteiger partial charge in [0, 0.05) is 6.42 Å². The van der Waals surface area contributed by atoms with Crippen molar-refractivity contribution in [3.8, 4) is 11.6 Å². The Morgan fingerprint density at radius 3 is 2.92 bits per heavy atom. The van der Waals surface area contributed by atoms with Crippen LogP contribution in [0.15, 0.2) is 16.7 Å². The summed E-state index contributed by atoms with van der Waals surface area (Å²) in [5.41, 5.74) is 1.06. The molecule has 0 unspecified atom stereocenters. The topological polar surface area (TPSA) is 54.7 Å². The molecule has 13 heavy (non-hydrogen) atoms. The molecule has 4 heteroatoms. The van der Waals surface area contributed by atoms with Crippen LogP contribution in [-0.4, -0.2) is 15.2 Å². The Morgan fingerprint density at radius 2 is 2.38 bits per heavy atom. The summed E-state index contributed by atoms with van der Waals surface area (Å²) in [7, 11) is 0. The summed E-state index contributed by atoms with van der Waals surface area (Å²) in [5, 5.41) is 6.91. The molecule has 0 spiro atoms. The van der Waals surface area contributed by atoms with E-state index in [2.05, 4.69) is 15.2 Å². The number of H-pyrrole nitrogens is 1. The Labute approximate surface area is 76.0 Å². The molecule has 2 heterocycles. The Kier molecular flexibility index (Phi) is 1.88. The average molecular weight is 177 g/mol. The van der Waals surface area contributed by atoms with Crippen molar-refractivity contribution in [1.29, 1.82) is 0 Å². The first-order valence-corrected chi connectivity index (χ1v) is 4.27. The van der Waals surface area contributed by atoms with Gasteiger partial charge in [-0.25, -0.2) is 4.98 Å². The van der Waals surface area contributed by atoms with E-state index in [0.29, 0.717) is 5.82 Å². The monoisotopic (exact) mass is 177 g/mol. The van der Waals surface area contributed by atoms with Crippen molar-refractivity contribution in [2.24, 2.45) is 0 Å². The van der Waals surface area contributed by atoms with E-state index in [9.17, 15) is 0 Å². The van der Waals surface area contributed by atoms with Gasteiger partial charge in [0.05, 0.1) is 6.26 Å². The fourth-order valence-corrected chi connectivity index (χ4v) is 1.16. The van der Waals surface area contributed by atoms with E-state index in [1.165, 1.54) is 0 Å². The van der Waals surface area contributed by atoms with Crippen LogP contribution in [0.1, 0.15) is 18.3 Å². The molecule has 2 aromatic heterocycles. The summed E-state index contributed by atoms with van der Waals surface area (Å²) in [5.74, 6) is 2.26. The molecule has 4 nitrogen and oxygen atoms in total. The molecule has 68 valence electrons. The zero-order valence-corrected chi connectivity index (χ0v) is 7.66. The fraction of sp³-hybridized carbons (Fsp3) is 0.333. The van der Waals surface area contributed by atoms with Crippen molar-refractivity contribution < 1.29 is 4.42 Å². The number of aryl methyl sites for hydroxylation is 2. The van der Waals surface area contributed by atoms with Crippen LogP contribution in [0.3, 0.4) is 0 Å². The zero-order chi connectivity index (χ0) is 9.26. The van der Waals surface area contributed by atoms with Gasteiger partial charge in [-0.05, 0) is 18.6 Å². The van der Waals surface area contributed by atoms with E-state index in [1.54, 1.807) is 6.26 Å². The fourth-order valence-electron chi connectivity index (χ4n) is 1.16. The minimum Gasteiger partial charge on any atom is -0.461 e. The van der Waals surface area contributed by atoms with E-state index < -0.39 is 0 Å². The molecule has 1 N–H and O–H groups in total. The molecule has 0 bridgehead atoms. The number of hydrogen-bond acceptors (Lipinski definition) is 3. The van der Waals surface area contributed by atoms with Gasteiger partial charge in [-0.2, -0.15) is 5.10 Å². The van der Waals surface area contributed by atoms with E-state index in [1.807, 2.05) is 19.9 Å². The molecule has 0 aromatic carbocycles. The van der Waals surface area contributed by atoms with Crippen LogP contribution in [0.5, 0.6) is 0 Å². The van der Waals surface area contributed by atoms with Crippen LogP contribution >= 0.6 is 0 Å². The van der Waals surface area contributed by atoms with Crippen LogP contribution in [0.2, 0.25) is 0 Å². The van der Waals surface area contributed by atoms with Gasteiger partial charge in [0.1, 0.15) is 5.82 Å². The number of aromatic nitrogens is 3. The molecule has 0 saturated heterocycles. The predicted octanol–water partition coefficient (Wildman–Crippen LogP) is 1.94. The van der Waals surface area contributed by atoms with Gasteiger partial charge < -0.3 is 4.42 Å². The molecule has 0 aliphatic rings. The smallest absolute Gasteiger partial charge is 0.217 e. The van der Waals surface area contributed by atoms with Gasteiger partial charge in [-0.3, -0.25) is 5.10 Å². The molecule has 0 atom stereocenters. The summed E-state index contributed by atoms with van der Waals surface area (Å²) >= 11 is 0. The number of furan rings is 1. The third-order valence-electron chi connectivity index (χ3n) is 1.93. The SMILES string of the molecule is CCc1nc(-c2occc2C)n[nH]1. The highest BCUT2D eigenvalue weighted by molar-refractivity contribution is 5.51. The summed E-state index contributed by atoms with van der Waals surface area (Å²) < 4.78 is 5.26. The van der Waals surface area contributed by atoms with Crippen molar-refractivity contribution in [3.05, 3.63) is 23.7 Å². The lowest BCUT2D eigenvalue weighted by Gasteiger charge is -1.88. The predicted molar refractivity (Wildman–Crippen MR) is 48.2 cm³/mol. The minimum absolute atomic E-state index is 0.638. The largest absolute Gasteiger partial charge is 0.461 e. The van der Waals surface area contributed by atoms with E-state index in [4.69, 9.17) is 4.42 Å². The Morgan fingerprint density at radius 1 is 1.54 bits per heavy atom. The summed E-state index contributed by atoms with van der Waals surface area (Å²) in [4.78, 5) is 4.27. The van der Waals surface area contributed by atoms with Crippen LogP contribution in [0, 0.1) is 6.92 Å². The summed E-state index contributed by atoms with van der Waals surface area (Å²) in [6.45, 7) is 4.00. The molecule has 0 aliphatic heterocycles. The van der Waals surface area contributed by atoms with Gasteiger partial charge in [-0.1, -0.05) is 6.92 Å². The molecule has 0 aliphatic carbocycles. The maximum atomic E-state index is 5.26. The van der Waals surface area contributed by atoms with Crippen molar-refractivity contribution >= 4 is 0 Å². The Bertz CT molecular complexity index is 402. The standard InChI is InChI=1S/C9H11N3O/c1-3-7-10-9(12-11-7)8-6(2)4-5-13-8/h4-5H,3H2,1-2H3,(H,10,11,12). The third-order valence-corrected chi connectivity index (χ3v) is 1.93. The van der Waals surface area contributed by atoms with Gasteiger partial charge in [0.25, 0.3) is 0 Å². The first-order chi connectivity index (χ1) is 6.31. The summed E-state index contributed by atoms with van der Waals surface area (Å²) in [6, 6.07) is 1.90. The summed E-state index contributed by atoms with van der Waals surface area (Å²) in [6.07, 6.45) is 2.50. The average Bonchev–Trinajstić information content (AvgIpc) is 2.71. The molecule has 0 radical (unpaired) electrons.